The van der Waals surface area contributed by atoms with E-state index in [2.05, 4.69) is 20.9 Å². The number of halogens is 3. The zero-order valence-corrected chi connectivity index (χ0v) is 13.3. The van der Waals surface area contributed by atoms with Gasteiger partial charge in [-0.25, -0.2) is 0 Å². The number of carbonyl (C=O) groups is 1. The zero-order valence-electron chi connectivity index (χ0n) is 12.5. The molecule has 1 amide bonds. The number of ether oxygens (including phenoxy) is 2. The van der Waals surface area contributed by atoms with Crippen LogP contribution in [0, 0.1) is 0 Å². The monoisotopic (exact) mass is 363 g/mol. The second-order valence-electron chi connectivity index (χ2n) is 5.00. The minimum absolute atomic E-state index is 0.0987. The number of alkyl halides is 3. The molecule has 1 heterocycles. The van der Waals surface area contributed by atoms with Crippen LogP contribution >= 0.6 is 12.2 Å². The van der Waals surface area contributed by atoms with Crippen LogP contribution in [0.15, 0.2) is 24.3 Å². The number of rotatable bonds is 4. The molecule has 1 saturated heterocycles. The predicted molar refractivity (Wildman–Crippen MR) is 83.3 cm³/mol. The fourth-order valence-electron chi connectivity index (χ4n) is 2.05. The van der Waals surface area contributed by atoms with Gasteiger partial charge in [0.2, 0.25) is 0 Å². The molecular formula is C14H16F3N3O3S. The molecule has 0 aliphatic carbocycles. The van der Waals surface area contributed by atoms with Gasteiger partial charge < -0.3 is 14.8 Å². The Kier molecular flexibility index (Phi) is 6.21. The highest BCUT2D eigenvalue weighted by molar-refractivity contribution is 7.80. The first kappa shape index (κ1) is 18.3. The summed E-state index contributed by atoms with van der Waals surface area (Å²) < 4.78 is 45.3. The lowest BCUT2D eigenvalue weighted by molar-refractivity contribution is -0.274. The minimum Gasteiger partial charge on any atom is -0.406 e. The molecule has 132 valence electrons. The molecule has 3 N–H and O–H groups in total. The van der Waals surface area contributed by atoms with Gasteiger partial charge in [0.1, 0.15) is 5.75 Å². The largest absolute Gasteiger partial charge is 0.573 e. The Morgan fingerprint density at radius 2 is 2.00 bits per heavy atom. The number of nitrogens with one attached hydrogen (secondary N) is 3. The van der Waals surface area contributed by atoms with Crippen molar-refractivity contribution >= 4 is 23.2 Å². The molecule has 10 heteroatoms. The van der Waals surface area contributed by atoms with Crippen molar-refractivity contribution in [3.05, 3.63) is 29.8 Å². The first-order valence-electron chi connectivity index (χ1n) is 7.15. The number of carbonyl (C=O) groups excluding carboxylic acids is 1. The molecule has 1 aliphatic rings. The van der Waals surface area contributed by atoms with Gasteiger partial charge in [0.15, 0.2) is 5.11 Å². The fraction of sp³-hybridized carbons (Fsp3) is 0.429. The number of benzene rings is 1. The van der Waals surface area contributed by atoms with Gasteiger partial charge in [-0.3, -0.25) is 15.6 Å². The normalized spacial score (nSPS) is 17.2. The van der Waals surface area contributed by atoms with Crippen LogP contribution in [-0.2, 0) is 4.74 Å². The molecule has 6 nitrogen and oxygen atoms in total. The molecule has 0 unspecified atom stereocenters. The van der Waals surface area contributed by atoms with Gasteiger partial charge in [-0.2, -0.15) is 0 Å². The minimum atomic E-state index is -4.77. The summed E-state index contributed by atoms with van der Waals surface area (Å²) in [7, 11) is 0. The van der Waals surface area contributed by atoms with E-state index in [9.17, 15) is 18.0 Å². The van der Waals surface area contributed by atoms with Crippen LogP contribution in [0.5, 0.6) is 5.75 Å². The molecule has 24 heavy (non-hydrogen) atoms. The summed E-state index contributed by atoms with van der Waals surface area (Å²) in [6, 6.07) is 4.52. The summed E-state index contributed by atoms with van der Waals surface area (Å²) in [5.74, 6) is -0.949. The second kappa shape index (κ2) is 8.15. The highest BCUT2D eigenvalue weighted by Gasteiger charge is 2.31. The summed E-state index contributed by atoms with van der Waals surface area (Å²) in [6.07, 6.45) is -2.71. The Morgan fingerprint density at radius 3 is 2.58 bits per heavy atom. The average molecular weight is 363 g/mol. The molecular weight excluding hydrogens is 347 g/mol. The maximum absolute atomic E-state index is 12.1. The first-order chi connectivity index (χ1) is 11.3. The first-order valence-corrected chi connectivity index (χ1v) is 7.56. The molecule has 0 bridgehead atoms. The van der Waals surface area contributed by atoms with Crippen molar-refractivity contribution in [2.75, 3.05) is 13.2 Å². The SMILES string of the molecule is O=C(NNC(=S)NC[C@H]1CCCO1)c1ccc(OC(F)(F)F)cc1. The third-order valence-corrected chi connectivity index (χ3v) is 3.40. The number of hydrogen-bond acceptors (Lipinski definition) is 4. The van der Waals surface area contributed by atoms with Gasteiger partial charge in [-0.05, 0) is 49.3 Å². The number of thiocarbonyl (C=S) groups is 1. The Labute approximate surface area is 141 Å². The van der Waals surface area contributed by atoms with Crippen molar-refractivity contribution in [1.82, 2.24) is 16.2 Å². The smallest absolute Gasteiger partial charge is 0.406 e. The van der Waals surface area contributed by atoms with E-state index < -0.39 is 18.0 Å². The van der Waals surface area contributed by atoms with Crippen LogP contribution in [0.25, 0.3) is 0 Å². The van der Waals surface area contributed by atoms with Crippen LogP contribution in [0.3, 0.4) is 0 Å². The van der Waals surface area contributed by atoms with Crippen LogP contribution < -0.4 is 20.9 Å². The van der Waals surface area contributed by atoms with Gasteiger partial charge in [-0.15, -0.1) is 13.2 Å². The number of amides is 1. The van der Waals surface area contributed by atoms with Crippen molar-refractivity contribution < 1.29 is 27.4 Å². The number of hydrazine groups is 1. The van der Waals surface area contributed by atoms with Gasteiger partial charge >= 0.3 is 6.36 Å². The van der Waals surface area contributed by atoms with Gasteiger partial charge in [0, 0.05) is 18.7 Å². The maximum atomic E-state index is 12.1. The lowest BCUT2D eigenvalue weighted by Gasteiger charge is -2.14. The third-order valence-electron chi connectivity index (χ3n) is 3.15. The summed E-state index contributed by atoms with van der Waals surface area (Å²) in [4.78, 5) is 11.9. The average Bonchev–Trinajstić information content (AvgIpc) is 3.03. The lowest BCUT2D eigenvalue weighted by atomic mass is 10.2. The van der Waals surface area contributed by atoms with E-state index in [1.54, 1.807) is 0 Å². The van der Waals surface area contributed by atoms with Crippen molar-refractivity contribution in [2.24, 2.45) is 0 Å². The molecule has 0 spiro atoms. The van der Waals surface area contributed by atoms with E-state index in [1.807, 2.05) is 0 Å². The molecule has 0 radical (unpaired) electrons. The molecule has 1 aromatic rings. The van der Waals surface area contributed by atoms with E-state index in [4.69, 9.17) is 17.0 Å². The van der Waals surface area contributed by atoms with Crippen LogP contribution in [0.4, 0.5) is 13.2 Å². The Bertz CT molecular complexity index is 575. The molecule has 1 aliphatic heterocycles. The van der Waals surface area contributed by atoms with Gasteiger partial charge in [-0.1, -0.05) is 0 Å². The third kappa shape index (κ3) is 6.20. The topological polar surface area (TPSA) is 71.6 Å². The van der Waals surface area contributed by atoms with Crippen molar-refractivity contribution in [1.29, 1.82) is 0 Å². The van der Waals surface area contributed by atoms with Gasteiger partial charge in [0.05, 0.1) is 6.10 Å². The molecule has 0 saturated carbocycles. The Morgan fingerprint density at radius 1 is 1.29 bits per heavy atom. The van der Waals surface area contributed by atoms with Crippen molar-refractivity contribution in [3.63, 3.8) is 0 Å². The van der Waals surface area contributed by atoms with E-state index in [0.29, 0.717) is 6.54 Å². The van der Waals surface area contributed by atoms with E-state index >= 15 is 0 Å². The van der Waals surface area contributed by atoms with Crippen LogP contribution in [0.2, 0.25) is 0 Å². The fourth-order valence-corrected chi connectivity index (χ4v) is 2.18. The van der Waals surface area contributed by atoms with Crippen molar-refractivity contribution in [3.8, 4) is 5.75 Å². The summed E-state index contributed by atoms with van der Waals surface area (Å²) >= 11 is 5.00. The maximum Gasteiger partial charge on any atom is 0.573 e. The standard InChI is InChI=1S/C14H16F3N3O3S/c15-14(16,17)23-10-5-3-9(4-6-10)12(21)19-20-13(24)18-8-11-2-1-7-22-11/h3-6,11H,1-2,7-8H2,(H,19,21)(H2,18,20,24)/t11-/m1/s1. The highest BCUT2D eigenvalue weighted by atomic mass is 32.1. The van der Waals surface area contributed by atoms with E-state index in [-0.39, 0.29) is 16.8 Å². The molecule has 2 rings (SSSR count). The van der Waals surface area contributed by atoms with Crippen LogP contribution in [-0.4, -0.2) is 36.6 Å². The zero-order chi connectivity index (χ0) is 17.6. The number of hydrogen-bond donors (Lipinski definition) is 3. The summed E-state index contributed by atoms with van der Waals surface area (Å²) in [5, 5.41) is 3.12. The highest BCUT2D eigenvalue weighted by Crippen LogP contribution is 2.22. The van der Waals surface area contributed by atoms with Crippen LogP contribution in [0.1, 0.15) is 23.2 Å². The molecule has 1 fully saturated rings. The summed E-state index contributed by atoms with van der Waals surface area (Å²) in [5.41, 5.74) is 5.01. The molecule has 1 atom stereocenters. The Hall–Kier alpha value is -2.07. The predicted octanol–water partition coefficient (Wildman–Crippen LogP) is 1.87. The second-order valence-corrected chi connectivity index (χ2v) is 5.40. The summed E-state index contributed by atoms with van der Waals surface area (Å²) in [6.45, 7) is 1.27. The van der Waals surface area contributed by atoms with Crippen molar-refractivity contribution in [2.45, 2.75) is 25.3 Å². The molecule has 0 aromatic heterocycles. The molecule has 1 aromatic carbocycles. The van der Waals surface area contributed by atoms with Gasteiger partial charge in [0.25, 0.3) is 5.91 Å². The van der Waals surface area contributed by atoms with E-state index in [1.165, 1.54) is 12.1 Å². The lowest BCUT2D eigenvalue weighted by Crippen LogP contribution is -2.48. The Balaban J connectivity index is 1.74. The quantitative estimate of drug-likeness (QED) is 0.560. The van der Waals surface area contributed by atoms with E-state index in [0.717, 1.165) is 31.6 Å².